The predicted molar refractivity (Wildman–Crippen MR) is 90.3 cm³/mol. The summed E-state index contributed by atoms with van der Waals surface area (Å²) in [6, 6.07) is 14.5. The minimum absolute atomic E-state index is 0.0575. The number of hydrogen-bond acceptors (Lipinski definition) is 1. The summed E-state index contributed by atoms with van der Waals surface area (Å²) in [5.74, 6) is 0. The third-order valence-corrected chi connectivity index (χ3v) is 5.46. The Kier molecular flexibility index (Phi) is 4.04. The monoisotopic (exact) mass is 409 g/mol. The van der Waals surface area contributed by atoms with Crippen LogP contribution in [0.3, 0.4) is 0 Å². The van der Waals surface area contributed by atoms with Gasteiger partial charge in [-0.2, -0.15) is 0 Å². The molecular formula is C16H13Br2NO2. The number of carboxylic acid groups (broad SMARTS) is 1. The maximum Gasteiger partial charge on any atom is 0.404 e. The molecule has 0 aromatic heterocycles. The molecule has 21 heavy (non-hydrogen) atoms. The Morgan fingerprint density at radius 2 is 1.90 bits per heavy atom. The summed E-state index contributed by atoms with van der Waals surface area (Å²) in [6.45, 7) is 0.335. The zero-order valence-electron chi connectivity index (χ0n) is 11.0. The van der Waals surface area contributed by atoms with Gasteiger partial charge in [0.15, 0.2) is 0 Å². The number of carbonyl (C=O) groups is 1. The number of benzene rings is 2. The topological polar surface area (TPSA) is 49.3 Å². The smallest absolute Gasteiger partial charge is 0.404 e. The van der Waals surface area contributed by atoms with Gasteiger partial charge in [-0.05, 0) is 27.8 Å². The second-order valence-electron chi connectivity index (χ2n) is 4.91. The molecule has 0 heterocycles. The number of nitrogens with one attached hydrogen (secondary N) is 1. The Bertz CT molecular complexity index is 702. The van der Waals surface area contributed by atoms with Crippen LogP contribution in [-0.2, 0) is 0 Å². The van der Waals surface area contributed by atoms with Gasteiger partial charge in [0, 0.05) is 6.54 Å². The molecule has 2 aromatic carbocycles. The van der Waals surface area contributed by atoms with Gasteiger partial charge < -0.3 is 10.4 Å². The van der Waals surface area contributed by atoms with Crippen LogP contribution in [0.4, 0.5) is 4.79 Å². The van der Waals surface area contributed by atoms with Gasteiger partial charge in [0.25, 0.3) is 0 Å². The number of amides is 1. The van der Waals surface area contributed by atoms with Crippen LogP contribution >= 0.6 is 31.9 Å². The van der Waals surface area contributed by atoms with Crippen LogP contribution in [0.25, 0.3) is 11.1 Å². The highest BCUT2D eigenvalue weighted by molar-refractivity contribution is 9.09. The Morgan fingerprint density at radius 3 is 2.67 bits per heavy atom. The second kappa shape index (κ2) is 5.81. The summed E-state index contributed by atoms with van der Waals surface area (Å²) >= 11 is 7.37. The first-order valence-electron chi connectivity index (χ1n) is 6.56. The van der Waals surface area contributed by atoms with Crippen molar-refractivity contribution in [1.82, 2.24) is 5.32 Å². The molecule has 2 N–H and O–H groups in total. The molecule has 0 bridgehead atoms. The third-order valence-electron chi connectivity index (χ3n) is 3.69. The number of halogens is 2. The fourth-order valence-electron chi connectivity index (χ4n) is 2.78. The molecule has 0 saturated carbocycles. The standard InChI is InChI=1S/C16H13Br2NO2/c17-13(8-19-16(20)21)12-7-3-6-10-9-4-1-2-5-11(9)15(18)14(10)12/h1-7,13,15,19H,8H2,(H,20,21). The number of alkyl halides is 2. The largest absolute Gasteiger partial charge is 0.465 e. The first-order valence-corrected chi connectivity index (χ1v) is 8.39. The lowest BCUT2D eigenvalue weighted by Gasteiger charge is -2.16. The van der Waals surface area contributed by atoms with E-state index in [0.717, 1.165) is 5.56 Å². The number of rotatable bonds is 3. The Morgan fingerprint density at radius 1 is 1.19 bits per heavy atom. The molecule has 2 aromatic rings. The van der Waals surface area contributed by atoms with E-state index in [4.69, 9.17) is 5.11 Å². The first-order chi connectivity index (χ1) is 10.1. The van der Waals surface area contributed by atoms with E-state index in [0.29, 0.717) is 6.54 Å². The lowest BCUT2D eigenvalue weighted by molar-refractivity contribution is 0.194. The van der Waals surface area contributed by atoms with E-state index < -0.39 is 6.09 Å². The predicted octanol–water partition coefficient (Wildman–Crippen LogP) is 4.85. The molecule has 3 nitrogen and oxygen atoms in total. The second-order valence-corrected chi connectivity index (χ2v) is 6.93. The fourth-order valence-corrected chi connectivity index (χ4v) is 4.25. The normalized spacial score (nSPS) is 17.0. The van der Waals surface area contributed by atoms with Crippen molar-refractivity contribution in [3.8, 4) is 11.1 Å². The first kappa shape index (κ1) is 14.6. The summed E-state index contributed by atoms with van der Waals surface area (Å²) in [5.41, 5.74) is 6.03. The molecule has 0 fully saturated rings. The van der Waals surface area contributed by atoms with Gasteiger partial charge >= 0.3 is 6.09 Å². The van der Waals surface area contributed by atoms with Gasteiger partial charge in [0.2, 0.25) is 0 Å². The highest BCUT2D eigenvalue weighted by atomic mass is 79.9. The SMILES string of the molecule is O=C(O)NCC(Br)c1cccc2c1C(Br)c1ccccc1-2. The maximum atomic E-state index is 10.7. The summed E-state index contributed by atoms with van der Waals surface area (Å²) in [4.78, 5) is 10.8. The zero-order chi connectivity index (χ0) is 15.0. The Balaban J connectivity index is 2.02. The average Bonchev–Trinajstić information content (AvgIpc) is 2.79. The molecule has 0 radical (unpaired) electrons. The maximum absolute atomic E-state index is 10.7. The van der Waals surface area contributed by atoms with Crippen LogP contribution in [0.1, 0.15) is 26.3 Å². The van der Waals surface area contributed by atoms with Gasteiger partial charge in [-0.1, -0.05) is 74.3 Å². The Hall–Kier alpha value is -1.33. The van der Waals surface area contributed by atoms with Crippen molar-refractivity contribution >= 4 is 38.0 Å². The molecule has 0 aliphatic heterocycles. The van der Waals surface area contributed by atoms with Crippen molar-refractivity contribution in [2.75, 3.05) is 6.54 Å². The number of hydrogen-bond donors (Lipinski definition) is 2. The fraction of sp³-hybridized carbons (Fsp3) is 0.188. The van der Waals surface area contributed by atoms with Crippen LogP contribution in [0, 0.1) is 0 Å². The van der Waals surface area contributed by atoms with Crippen LogP contribution in [0.2, 0.25) is 0 Å². The van der Waals surface area contributed by atoms with Crippen molar-refractivity contribution in [2.24, 2.45) is 0 Å². The van der Waals surface area contributed by atoms with E-state index >= 15 is 0 Å². The lowest BCUT2D eigenvalue weighted by atomic mass is 9.99. The van der Waals surface area contributed by atoms with Gasteiger partial charge in [-0.15, -0.1) is 0 Å². The van der Waals surface area contributed by atoms with E-state index in [1.165, 1.54) is 22.3 Å². The number of fused-ring (bicyclic) bond motifs is 3. The van der Waals surface area contributed by atoms with Crippen molar-refractivity contribution in [3.63, 3.8) is 0 Å². The minimum atomic E-state index is -1.01. The summed E-state index contributed by atoms with van der Waals surface area (Å²) in [7, 11) is 0. The van der Waals surface area contributed by atoms with Gasteiger partial charge in [-0.25, -0.2) is 4.79 Å². The van der Waals surface area contributed by atoms with E-state index in [-0.39, 0.29) is 9.65 Å². The van der Waals surface area contributed by atoms with Crippen LogP contribution in [0.15, 0.2) is 42.5 Å². The van der Waals surface area contributed by atoms with E-state index in [1.807, 2.05) is 24.3 Å². The molecule has 5 heteroatoms. The summed E-state index contributed by atoms with van der Waals surface area (Å²) in [5, 5.41) is 11.2. The molecule has 0 saturated heterocycles. The van der Waals surface area contributed by atoms with Gasteiger partial charge in [0.05, 0.1) is 9.65 Å². The van der Waals surface area contributed by atoms with Crippen molar-refractivity contribution in [2.45, 2.75) is 9.65 Å². The molecule has 1 amide bonds. The molecule has 1 aliphatic carbocycles. The summed E-state index contributed by atoms with van der Waals surface area (Å²) in [6.07, 6.45) is -1.01. The molecule has 3 rings (SSSR count). The molecule has 108 valence electrons. The molecule has 0 spiro atoms. The van der Waals surface area contributed by atoms with E-state index in [1.54, 1.807) is 0 Å². The van der Waals surface area contributed by atoms with Crippen LogP contribution in [-0.4, -0.2) is 17.7 Å². The highest BCUT2D eigenvalue weighted by Crippen LogP contribution is 2.50. The van der Waals surface area contributed by atoms with Crippen molar-refractivity contribution in [3.05, 3.63) is 59.2 Å². The van der Waals surface area contributed by atoms with Crippen molar-refractivity contribution < 1.29 is 9.90 Å². The molecular weight excluding hydrogens is 398 g/mol. The molecule has 1 aliphatic rings. The highest BCUT2D eigenvalue weighted by Gasteiger charge is 2.30. The summed E-state index contributed by atoms with van der Waals surface area (Å²) < 4.78 is 0. The third kappa shape index (κ3) is 2.60. The van der Waals surface area contributed by atoms with Crippen LogP contribution < -0.4 is 5.32 Å². The van der Waals surface area contributed by atoms with Gasteiger partial charge in [-0.3, -0.25) is 0 Å². The minimum Gasteiger partial charge on any atom is -0.465 e. The zero-order valence-corrected chi connectivity index (χ0v) is 14.2. The molecule has 2 unspecified atom stereocenters. The van der Waals surface area contributed by atoms with E-state index in [9.17, 15) is 4.79 Å². The molecule has 2 atom stereocenters. The van der Waals surface area contributed by atoms with E-state index in [2.05, 4.69) is 55.4 Å². The Labute approximate surface area is 139 Å². The van der Waals surface area contributed by atoms with Crippen LogP contribution in [0.5, 0.6) is 0 Å². The van der Waals surface area contributed by atoms with Crippen molar-refractivity contribution in [1.29, 1.82) is 0 Å². The lowest BCUT2D eigenvalue weighted by Crippen LogP contribution is -2.24. The van der Waals surface area contributed by atoms with Gasteiger partial charge in [0.1, 0.15) is 0 Å². The quantitative estimate of drug-likeness (QED) is 0.710. The average molecular weight is 411 g/mol.